The van der Waals surface area contributed by atoms with E-state index in [1.165, 1.54) is 18.2 Å². The molecule has 8 nitrogen and oxygen atoms in total. The van der Waals surface area contributed by atoms with E-state index >= 15 is 0 Å². The first kappa shape index (κ1) is 26.0. The van der Waals surface area contributed by atoms with E-state index in [1.807, 2.05) is 16.7 Å². The predicted octanol–water partition coefficient (Wildman–Crippen LogP) is 5.81. The lowest BCUT2D eigenvalue weighted by molar-refractivity contribution is -0.121. The summed E-state index contributed by atoms with van der Waals surface area (Å²) in [6.45, 7) is 3.48. The number of carbonyl (C=O) groups excluding carboxylic acids is 3. The molecule has 5 rings (SSSR count). The lowest BCUT2D eigenvalue weighted by Crippen LogP contribution is -2.44. The molecule has 2 fully saturated rings. The van der Waals surface area contributed by atoms with Crippen LogP contribution >= 0.6 is 11.3 Å². The van der Waals surface area contributed by atoms with E-state index in [2.05, 4.69) is 27.5 Å². The summed E-state index contributed by atoms with van der Waals surface area (Å²) in [6, 6.07) is 7.98. The minimum absolute atomic E-state index is 0.00401. The highest BCUT2D eigenvalue weighted by Crippen LogP contribution is 2.39. The van der Waals surface area contributed by atoms with Crippen molar-refractivity contribution in [3.05, 3.63) is 52.7 Å². The van der Waals surface area contributed by atoms with E-state index in [-0.39, 0.29) is 45.5 Å². The van der Waals surface area contributed by atoms with Gasteiger partial charge in [-0.05, 0) is 62.1 Å². The van der Waals surface area contributed by atoms with Gasteiger partial charge in [0.1, 0.15) is 0 Å². The van der Waals surface area contributed by atoms with Crippen molar-refractivity contribution in [2.45, 2.75) is 63.5 Å². The van der Waals surface area contributed by atoms with Gasteiger partial charge in [0.15, 0.2) is 0 Å². The molecule has 0 bridgehead atoms. The first-order chi connectivity index (χ1) is 18.3. The second-order valence-corrected chi connectivity index (χ2v) is 10.9. The number of aromatic nitrogens is 2. The molecule has 2 aromatic heterocycles. The molecule has 0 unspecified atom stereocenters. The van der Waals surface area contributed by atoms with Gasteiger partial charge in [0, 0.05) is 23.7 Å². The van der Waals surface area contributed by atoms with Crippen LogP contribution in [0.1, 0.15) is 72.0 Å². The highest BCUT2D eigenvalue weighted by molar-refractivity contribution is 7.14. The zero-order chi connectivity index (χ0) is 26.8. The van der Waals surface area contributed by atoms with Gasteiger partial charge in [0.05, 0.1) is 20.8 Å². The Kier molecular flexibility index (Phi) is 7.55. The summed E-state index contributed by atoms with van der Waals surface area (Å²) < 4.78 is 28.0. The van der Waals surface area contributed by atoms with Gasteiger partial charge < -0.3 is 15.2 Å². The highest BCUT2D eigenvalue weighted by atomic mass is 32.1. The SMILES string of the molecule is C=CC(=O)NC1CC(n2c(NC(=O)c3ccc(C(F)F)s3)nc3cc(NC(=O)C4CCCCC4)ccc32)C1. The van der Waals surface area contributed by atoms with E-state index in [4.69, 9.17) is 0 Å². The van der Waals surface area contributed by atoms with E-state index in [0.29, 0.717) is 24.0 Å². The van der Waals surface area contributed by atoms with Gasteiger partial charge in [-0.25, -0.2) is 13.8 Å². The summed E-state index contributed by atoms with van der Waals surface area (Å²) in [6.07, 6.45) is 4.89. The number of nitrogens with zero attached hydrogens (tertiary/aromatic N) is 2. The van der Waals surface area contributed by atoms with E-state index in [9.17, 15) is 23.2 Å². The molecule has 3 N–H and O–H groups in total. The molecule has 2 aliphatic rings. The van der Waals surface area contributed by atoms with Crippen LogP contribution in [-0.4, -0.2) is 33.3 Å². The fourth-order valence-corrected chi connectivity index (χ4v) is 5.93. The number of imidazole rings is 1. The minimum Gasteiger partial charge on any atom is -0.350 e. The quantitative estimate of drug-likeness (QED) is 0.313. The Morgan fingerprint density at radius 1 is 1.08 bits per heavy atom. The minimum atomic E-state index is -2.65. The number of amides is 3. The number of halogens is 2. The number of rotatable bonds is 8. The van der Waals surface area contributed by atoms with Gasteiger partial charge in [0.25, 0.3) is 12.3 Å². The largest absolute Gasteiger partial charge is 0.350 e. The van der Waals surface area contributed by atoms with Crippen molar-refractivity contribution in [3.8, 4) is 0 Å². The molecule has 0 radical (unpaired) electrons. The Labute approximate surface area is 222 Å². The molecule has 2 heterocycles. The van der Waals surface area contributed by atoms with Crippen LogP contribution in [0.4, 0.5) is 20.4 Å². The zero-order valence-electron chi connectivity index (χ0n) is 20.7. The van der Waals surface area contributed by atoms with Crippen molar-refractivity contribution < 1.29 is 23.2 Å². The second-order valence-electron chi connectivity index (χ2n) is 9.82. The second kappa shape index (κ2) is 11.0. The van der Waals surface area contributed by atoms with Gasteiger partial charge in [-0.15, -0.1) is 11.3 Å². The van der Waals surface area contributed by atoms with E-state index < -0.39 is 12.3 Å². The van der Waals surface area contributed by atoms with Gasteiger partial charge in [0.2, 0.25) is 17.8 Å². The molecule has 0 atom stereocenters. The van der Waals surface area contributed by atoms with Crippen LogP contribution in [0.15, 0.2) is 43.0 Å². The summed E-state index contributed by atoms with van der Waals surface area (Å²) in [4.78, 5) is 42.0. The standard InChI is InChI=1S/C27H29F2N5O3S/c1-2-23(35)30-17-12-18(13-17)34-20-9-8-16(31-25(36)15-6-4-3-5-7-15)14-19(20)32-27(34)33-26(37)22-11-10-21(38-22)24(28)29/h2,8-11,14-15,17-18,24H,1,3-7,12-13H2,(H,30,35)(H,31,36)(H,32,33,37). The smallest absolute Gasteiger partial charge is 0.272 e. The molecule has 38 heavy (non-hydrogen) atoms. The van der Waals surface area contributed by atoms with E-state index in [1.54, 1.807) is 6.07 Å². The third-order valence-corrected chi connectivity index (χ3v) is 8.33. The summed E-state index contributed by atoms with van der Waals surface area (Å²) in [5.74, 6) is -0.479. The number of alkyl halides is 2. The Morgan fingerprint density at radius 3 is 2.53 bits per heavy atom. The summed E-state index contributed by atoms with van der Waals surface area (Å²) >= 11 is 0.738. The van der Waals surface area contributed by atoms with Gasteiger partial charge in [-0.1, -0.05) is 25.8 Å². The van der Waals surface area contributed by atoms with Crippen LogP contribution in [0.3, 0.4) is 0 Å². The number of fused-ring (bicyclic) bond motifs is 1. The summed E-state index contributed by atoms with van der Waals surface area (Å²) in [5, 5.41) is 8.66. The molecule has 0 saturated heterocycles. The van der Waals surface area contributed by atoms with Crippen LogP contribution in [-0.2, 0) is 9.59 Å². The maximum absolute atomic E-state index is 13.0. The predicted molar refractivity (Wildman–Crippen MR) is 143 cm³/mol. The number of anilines is 2. The maximum atomic E-state index is 13.0. The number of benzene rings is 1. The maximum Gasteiger partial charge on any atom is 0.272 e. The van der Waals surface area contributed by atoms with Crippen molar-refractivity contribution in [3.63, 3.8) is 0 Å². The van der Waals surface area contributed by atoms with Crippen LogP contribution in [0.5, 0.6) is 0 Å². The van der Waals surface area contributed by atoms with Crippen LogP contribution in [0, 0.1) is 5.92 Å². The molecule has 2 saturated carbocycles. The lowest BCUT2D eigenvalue weighted by atomic mass is 9.86. The van der Waals surface area contributed by atoms with Crippen molar-refractivity contribution in [1.29, 1.82) is 0 Å². The first-order valence-corrected chi connectivity index (χ1v) is 13.6. The van der Waals surface area contributed by atoms with Gasteiger partial charge >= 0.3 is 0 Å². The van der Waals surface area contributed by atoms with Crippen molar-refractivity contribution in [1.82, 2.24) is 14.9 Å². The molecule has 3 amide bonds. The highest BCUT2D eigenvalue weighted by Gasteiger charge is 2.34. The summed E-state index contributed by atoms with van der Waals surface area (Å²) in [7, 11) is 0. The monoisotopic (exact) mass is 541 g/mol. The average Bonchev–Trinajstić information content (AvgIpc) is 3.51. The van der Waals surface area contributed by atoms with Crippen molar-refractivity contribution in [2.75, 3.05) is 10.6 Å². The first-order valence-electron chi connectivity index (χ1n) is 12.8. The fourth-order valence-electron chi connectivity index (χ4n) is 5.18. The Balaban J connectivity index is 1.40. The fraction of sp³-hybridized carbons (Fsp3) is 0.407. The third-order valence-electron chi connectivity index (χ3n) is 7.23. The van der Waals surface area contributed by atoms with Crippen LogP contribution in [0.25, 0.3) is 11.0 Å². The summed E-state index contributed by atoms with van der Waals surface area (Å²) in [5.41, 5.74) is 1.97. The Bertz CT molecular complexity index is 1370. The molecule has 3 aromatic rings. The number of hydrogen-bond donors (Lipinski definition) is 3. The lowest BCUT2D eigenvalue weighted by Gasteiger charge is -2.37. The number of hydrogen-bond acceptors (Lipinski definition) is 5. The van der Waals surface area contributed by atoms with Gasteiger partial charge in [-0.2, -0.15) is 0 Å². The normalized spacial score (nSPS) is 19.7. The topological polar surface area (TPSA) is 105 Å². The van der Waals surface area contributed by atoms with Crippen molar-refractivity contribution in [2.24, 2.45) is 5.92 Å². The average molecular weight is 542 g/mol. The number of nitrogens with one attached hydrogen (secondary N) is 3. The van der Waals surface area contributed by atoms with Crippen molar-refractivity contribution >= 4 is 51.7 Å². The molecular weight excluding hydrogens is 512 g/mol. The Morgan fingerprint density at radius 2 is 1.84 bits per heavy atom. The van der Waals surface area contributed by atoms with E-state index in [0.717, 1.165) is 49.0 Å². The number of thiophene rings is 1. The van der Waals surface area contributed by atoms with Crippen LogP contribution in [0.2, 0.25) is 0 Å². The molecule has 1 aromatic carbocycles. The zero-order valence-corrected chi connectivity index (χ0v) is 21.5. The molecule has 0 aliphatic heterocycles. The Hall–Kier alpha value is -3.60. The number of carbonyl (C=O) groups is 3. The van der Waals surface area contributed by atoms with Crippen LogP contribution < -0.4 is 16.0 Å². The molecular formula is C27H29F2N5O3S. The molecule has 2 aliphatic carbocycles. The molecule has 11 heteroatoms. The molecule has 200 valence electrons. The molecule has 0 spiro atoms. The van der Waals surface area contributed by atoms with Gasteiger partial charge in [-0.3, -0.25) is 19.7 Å². The third kappa shape index (κ3) is 5.47.